The topological polar surface area (TPSA) is 36.4 Å². The van der Waals surface area contributed by atoms with E-state index >= 15 is 0 Å². The lowest BCUT2D eigenvalue weighted by Gasteiger charge is -2.07. The predicted octanol–water partition coefficient (Wildman–Crippen LogP) is 1.45. The van der Waals surface area contributed by atoms with E-state index in [9.17, 15) is 0 Å². The molecule has 0 unspecified atom stereocenters. The summed E-state index contributed by atoms with van der Waals surface area (Å²) in [5.41, 5.74) is 1.07. The van der Waals surface area contributed by atoms with Gasteiger partial charge >= 0.3 is 0 Å². The molecule has 13 heavy (non-hydrogen) atoms. The Bertz CT molecular complexity index is 305. The molecular weight excluding hydrogens is 162 g/mol. The SMILES string of the molecule is C[C@H]1CN=C(Nc2ccccc2)N1. The van der Waals surface area contributed by atoms with Crippen LogP contribution in [0, 0.1) is 0 Å². The fraction of sp³-hybridized carbons (Fsp3) is 0.300. The maximum atomic E-state index is 4.31. The number of nitrogens with zero attached hydrogens (tertiary/aromatic N) is 1. The van der Waals surface area contributed by atoms with E-state index in [0.717, 1.165) is 18.2 Å². The van der Waals surface area contributed by atoms with Crippen molar-refractivity contribution in [3.63, 3.8) is 0 Å². The molecule has 1 atom stereocenters. The number of benzene rings is 1. The zero-order chi connectivity index (χ0) is 9.10. The zero-order valence-electron chi connectivity index (χ0n) is 7.62. The lowest BCUT2D eigenvalue weighted by molar-refractivity contribution is 0.725. The van der Waals surface area contributed by atoms with Crippen molar-refractivity contribution >= 4 is 11.6 Å². The number of nitrogens with one attached hydrogen (secondary N) is 2. The molecule has 0 radical (unpaired) electrons. The summed E-state index contributed by atoms with van der Waals surface area (Å²) < 4.78 is 0. The van der Waals surface area contributed by atoms with Crippen LogP contribution in [0.5, 0.6) is 0 Å². The van der Waals surface area contributed by atoms with Crippen LogP contribution in [0.25, 0.3) is 0 Å². The van der Waals surface area contributed by atoms with E-state index in [-0.39, 0.29) is 0 Å². The minimum Gasteiger partial charge on any atom is -0.352 e. The molecule has 2 N–H and O–H groups in total. The van der Waals surface area contributed by atoms with Crippen LogP contribution in [0.3, 0.4) is 0 Å². The summed E-state index contributed by atoms with van der Waals surface area (Å²) in [5, 5.41) is 6.45. The second kappa shape index (κ2) is 3.47. The van der Waals surface area contributed by atoms with Gasteiger partial charge in [-0.2, -0.15) is 0 Å². The van der Waals surface area contributed by atoms with E-state index in [1.807, 2.05) is 30.3 Å². The van der Waals surface area contributed by atoms with Crippen molar-refractivity contribution in [2.75, 3.05) is 11.9 Å². The van der Waals surface area contributed by atoms with Gasteiger partial charge in [0.15, 0.2) is 5.96 Å². The van der Waals surface area contributed by atoms with Gasteiger partial charge in [-0.1, -0.05) is 18.2 Å². The van der Waals surface area contributed by atoms with Gasteiger partial charge in [-0.15, -0.1) is 0 Å². The molecule has 68 valence electrons. The van der Waals surface area contributed by atoms with Crippen molar-refractivity contribution in [3.8, 4) is 0 Å². The summed E-state index contributed by atoms with van der Waals surface area (Å²) >= 11 is 0. The molecule has 0 spiro atoms. The molecule has 2 rings (SSSR count). The van der Waals surface area contributed by atoms with Crippen LogP contribution in [0.2, 0.25) is 0 Å². The summed E-state index contributed by atoms with van der Waals surface area (Å²) in [6.07, 6.45) is 0. The molecule has 1 aromatic carbocycles. The number of hydrogen-bond acceptors (Lipinski definition) is 3. The normalized spacial score (nSPS) is 20.7. The van der Waals surface area contributed by atoms with Gasteiger partial charge in [-0.25, -0.2) is 0 Å². The molecule has 3 heteroatoms. The Labute approximate surface area is 77.9 Å². The van der Waals surface area contributed by atoms with Gasteiger partial charge in [0.1, 0.15) is 0 Å². The molecule has 1 aromatic rings. The van der Waals surface area contributed by atoms with E-state index < -0.39 is 0 Å². The molecule has 1 heterocycles. The largest absolute Gasteiger partial charge is 0.352 e. The molecule has 0 bridgehead atoms. The molecule has 0 fully saturated rings. The molecule has 1 aliphatic heterocycles. The lowest BCUT2D eigenvalue weighted by Crippen LogP contribution is -2.32. The van der Waals surface area contributed by atoms with Crippen LogP contribution in [0.15, 0.2) is 35.3 Å². The molecule has 0 amide bonds. The lowest BCUT2D eigenvalue weighted by atomic mass is 10.3. The fourth-order valence-corrected chi connectivity index (χ4v) is 1.29. The summed E-state index contributed by atoms with van der Waals surface area (Å²) in [6, 6.07) is 10.5. The first-order valence-corrected chi connectivity index (χ1v) is 4.47. The second-order valence-electron chi connectivity index (χ2n) is 3.23. The smallest absolute Gasteiger partial charge is 0.196 e. The average Bonchev–Trinajstić information content (AvgIpc) is 2.53. The van der Waals surface area contributed by atoms with Gasteiger partial charge in [0, 0.05) is 11.7 Å². The number of rotatable bonds is 1. The minimum atomic E-state index is 0.450. The van der Waals surface area contributed by atoms with Crippen LogP contribution in [-0.4, -0.2) is 18.5 Å². The molecule has 3 nitrogen and oxygen atoms in total. The maximum absolute atomic E-state index is 4.31. The Morgan fingerprint density at radius 2 is 2.15 bits per heavy atom. The van der Waals surface area contributed by atoms with Crippen molar-refractivity contribution in [3.05, 3.63) is 30.3 Å². The molecule has 0 aliphatic carbocycles. The molecule has 0 saturated carbocycles. The van der Waals surface area contributed by atoms with Crippen LogP contribution >= 0.6 is 0 Å². The molecule has 0 aromatic heterocycles. The average molecular weight is 175 g/mol. The van der Waals surface area contributed by atoms with Gasteiger partial charge < -0.3 is 10.6 Å². The number of aliphatic imine (C=N–C) groups is 1. The Kier molecular flexibility index (Phi) is 2.17. The summed E-state index contributed by atoms with van der Waals surface area (Å²) in [6.45, 7) is 2.97. The van der Waals surface area contributed by atoms with Crippen LogP contribution < -0.4 is 10.6 Å². The summed E-state index contributed by atoms with van der Waals surface area (Å²) in [7, 11) is 0. The maximum Gasteiger partial charge on any atom is 0.196 e. The van der Waals surface area contributed by atoms with Gasteiger partial charge in [0.2, 0.25) is 0 Å². The van der Waals surface area contributed by atoms with Gasteiger partial charge in [0.25, 0.3) is 0 Å². The third kappa shape index (κ3) is 1.99. The molecule has 0 saturated heterocycles. The quantitative estimate of drug-likeness (QED) is 0.677. The minimum absolute atomic E-state index is 0.450. The Balaban J connectivity index is 2.00. The summed E-state index contributed by atoms with van der Waals surface area (Å²) in [4.78, 5) is 4.31. The third-order valence-electron chi connectivity index (χ3n) is 1.94. The first-order chi connectivity index (χ1) is 6.34. The van der Waals surface area contributed by atoms with Gasteiger partial charge in [-0.3, -0.25) is 4.99 Å². The monoisotopic (exact) mass is 175 g/mol. The number of anilines is 1. The Morgan fingerprint density at radius 1 is 1.38 bits per heavy atom. The fourth-order valence-electron chi connectivity index (χ4n) is 1.29. The van der Waals surface area contributed by atoms with Crippen LogP contribution in [0.4, 0.5) is 5.69 Å². The van der Waals surface area contributed by atoms with E-state index in [1.165, 1.54) is 0 Å². The Hall–Kier alpha value is -1.51. The highest BCUT2D eigenvalue weighted by molar-refractivity contribution is 5.94. The van der Waals surface area contributed by atoms with Crippen LogP contribution in [-0.2, 0) is 0 Å². The highest BCUT2D eigenvalue weighted by Gasteiger charge is 2.11. The predicted molar refractivity (Wildman–Crippen MR) is 55.0 cm³/mol. The van der Waals surface area contributed by atoms with E-state index in [1.54, 1.807) is 0 Å². The number of guanidine groups is 1. The van der Waals surface area contributed by atoms with E-state index in [0.29, 0.717) is 6.04 Å². The van der Waals surface area contributed by atoms with Gasteiger partial charge in [-0.05, 0) is 19.1 Å². The molecule has 1 aliphatic rings. The first kappa shape index (κ1) is 8.10. The van der Waals surface area contributed by atoms with E-state index in [2.05, 4.69) is 22.5 Å². The Morgan fingerprint density at radius 3 is 2.77 bits per heavy atom. The van der Waals surface area contributed by atoms with Crippen molar-refractivity contribution in [2.45, 2.75) is 13.0 Å². The van der Waals surface area contributed by atoms with Crippen molar-refractivity contribution < 1.29 is 0 Å². The van der Waals surface area contributed by atoms with Gasteiger partial charge in [0.05, 0.1) is 6.54 Å². The highest BCUT2D eigenvalue weighted by Crippen LogP contribution is 2.06. The highest BCUT2D eigenvalue weighted by atomic mass is 15.2. The summed E-state index contributed by atoms with van der Waals surface area (Å²) in [5.74, 6) is 0.874. The van der Waals surface area contributed by atoms with Crippen molar-refractivity contribution in [1.82, 2.24) is 5.32 Å². The third-order valence-corrected chi connectivity index (χ3v) is 1.94. The first-order valence-electron chi connectivity index (χ1n) is 4.47. The van der Waals surface area contributed by atoms with Crippen molar-refractivity contribution in [2.24, 2.45) is 4.99 Å². The molecular formula is C10H13N3. The van der Waals surface area contributed by atoms with Crippen LogP contribution in [0.1, 0.15) is 6.92 Å². The standard InChI is InChI=1S/C10H13N3/c1-8-7-11-10(12-8)13-9-5-3-2-4-6-9/h2-6,8H,7H2,1H3,(H2,11,12,13)/t8-/m0/s1. The van der Waals surface area contributed by atoms with Crippen molar-refractivity contribution in [1.29, 1.82) is 0 Å². The number of hydrogen-bond donors (Lipinski definition) is 2. The zero-order valence-corrected chi connectivity index (χ0v) is 7.62. The second-order valence-corrected chi connectivity index (χ2v) is 3.23. The number of para-hydroxylation sites is 1. The van der Waals surface area contributed by atoms with E-state index in [4.69, 9.17) is 0 Å².